The molecule has 0 saturated carbocycles. The van der Waals surface area contributed by atoms with Crippen LogP contribution in [0.25, 0.3) is 0 Å². The summed E-state index contributed by atoms with van der Waals surface area (Å²) < 4.78 is 0. The van der Waals surface area contributed by atoms with Gasteiger partial charge in [0.1, 0.15) is 0 Å². The zero-order chi connectivity index (χ0) is 17.5. The summed E-state index contributed by atoms with van der Waals surface area (Å²) in [5.41, 5.74) is 2.30. The van der Waals surface area contributed by atoms with Crippen LogP contribution in [-0.4, -0.2) is 51.9 Å². The van der Waals surface area contributed by atoms with E-state index in [4.69, 9.17) is 0 Å². The van der Waals surface area contributed by atoms with Crippen molar-refractivity contribution in [3.8, 4) is 0 Å². The SMILES string of the molecule is Cc1[nH]ncc1CCCNC(=O)NC1CCN(c2ncccn2)CC1. The van der Waals surface area contributed by atoms with Crippen molar-refractivity contribution in [1.82, 2.24) is 30.8 Å². The molecular formula is C17H25N7O. The Morgan fingerprint density at radius 2 is 2.08 bits per heavy atom. The number of rotatable bonds is 6. The monoisotopic (exact) mass is 343 g/mol. The first-order valence-electron chi connectivity index (χ1n) is 8.77. The maximum Gasteiger partial charge on any atom is 0.315 e. The van der Waals surface area contributed by atoms with E-state index in [2.05, 4.69) is 35.7 Å². The molecule has 1 aliphatic rings. The predicted molar refractivity (Wildman–Crippen MR) is 95.4 cm³/mol. The van der Waals surface area contributed by atoms with Gasteiger partial charge in [-0.2, -0.15) is 5.10 Å². The van der Waals surface area contributed by atoms with Gasteiger partial charge in [0.25, 0.3) is 0 Å². The minimum Gasteiger partial charge on any atom is -0.341 e. The molecule has 2 aromatic rings. The van der Waals surface area contributed by atoms with Crippen LogP contribution >= 0.6 is 0 Å². The average molecular weight is 343 g/mol. The molecular weight excluding hydrogens is 318 g/mol. The lowest BCUT2D eigenvalue weighted by molar-refractivity contribution is 0.234. The topological polar surface area (TPSA) is 98.8 Å². The van der Waals surface area contributed by atoms with Crippen molar-refractivity contribution in [2.24, 2.45) is 0 Å². The Kier molecular flexibility index (Phi) is 5.81. The third-order valence-electron chi connectivity index (χ3n) is 4.51. The molecule has 8 heteroatoms. The summed E-state index contributed by atoms with van der Waals surface area (Å²) in [5, 5.41) is 12.9. The van der Waals surface area contributed by atoms with Crippen LogP contribution in [0.2, 0.25) is 0 Å². The van der Waals surface area contributed by atoms with Crippen LogP contribution in [0, 0.1) is 6.92 Å². The molecule has 2 aromatic heterocycles. The molecule has 0 unspecified atom stereocenters. The van der Waals surface area contributed by atoms with E-state index in [0.29, 0.717) is 6.54 Å². The Morgan fingerprint density at radius 1 is 1.32 bits per heavy atom. The second-order valence-corrected chi connectivity index (χ2v) is 6.33. The van der Waals surface area contributed by atoms with Gasteiger partial charge in [-0.05, 0) is 44.2 Å². The lowest BCUT2D eigenvalue weighted by atomic mass is 10.1. The van der Waals surface area contributed by atoms with Crippen molar-refractivity contribution < 1.29 is 4.79 Å². The van der Waals surface area contributed by atoms with Gasteiger partial charge in [0.2, 0.25) is 5.95 Å². The highest BCUT2D eigenvalue weighted by atomic mass is 16.2. The van der Waals surface area contributed by atoms with Crippen LogP contribution in [-0.2, 0) is 6.42 Å². The zero-order valence-electron chi connectivity index (χ0n) is 14.5. The van der Waals surface area contributed by atoms with Crippen LogP contribution in [0.5, 0.6) is 0 Å². The number of aryl methyl sites for hydroxylation is 2. The van der Waals surface area contributed by atoms with Crippen LogP contribution in [0.1, 0.15) is 30.5 Å². The fraction of sp³-hybridized carbons (Fsp3) is 0.529. The van der Waals surface area contributed by atoms with Gasteiger partial charge in [0.15, 0.2) is 0 Å². The number of anilines is 1. The summed E-state index contributed by atoms with van der Waals surface area (Å²) in [5.74, 6) is 0.764. The van der Waals surface area contributed by atoms with Crippen molar-refractivity contribution in [2.75, 3.05) is 24.5 Å². The van der Waals surface area contributed by atoms with Crippen molar-refractivity contribution in [3.05, 3.63) is 35.9 Å². The number of nitrogens with zero attached hydrogens (tertiary/aromatic N) is 4. The number of nitrogens with one attached hydrogen (secondary N) is 3. The summed E-state index contributed by atoms with van der Waals surface area (Å²) in [6, 6.07) is 1.94. The molecule has 0 aromatic carbocycles. The number of aromatic amines is 1. The van der Waals surface area contributed by atoms with Gasteiger partial charge in [-0.1, -0.05) is 0 Å². The maximum absolute atomic E-state index is 12.0. The van der Waals surface area contributed by atoms with Crippen molar-refractivity contribution in [1.29, 1.82) is 0 Å². The molecule has 0 atom stereocenters. The first kappa shape index (κ1) is 17.2. The number of carbonyl (C=O) groups excluding carboxylic acids is 1. The standard InChI is InChI=1S/C17H25N7O/c1-13-14(12-21-23-13)4-2-7-20-17(25)22-15-5-10-24(11-6-15)16-18-8-3-9-19-16/h3,8-9,12,15H,2,4-7,10-11H2,1H3,(H,21,23)(H2,20,22,25). The second kappa shape index (κ2) is 8.46. The van der Waals surface area contributed by atoms with E-state index >= 15 is 0 Å². The van der Waals surface area contributed by atoms with Crippen molar-refractivity contribution in [2.45, 2.75) is 38.6 Å². The predicted octanol–water partition coefficient (Wildman–Crippen LogP) is 1.41. The van der Waals surface area contributed by atoms with E-state index in [0.717, 1.165) is 50.4 Å². The van der Waals surface area contributed by atoms with E-state index < -0.39 is 0 Å². The van der Waals surface area contributed by atoms with Gasteiger partial charge in [-0.3, -0.25) is 5.10 Å². The third-order valence-corrected chi connectivity index (χ3v) is 4.51. The Bertz CT molecular complexity index is 665. The molecule has 0 spiro atoms. The summed E-state index contributed by atoms with van der Waals surface area (Å²) in [4.78, 5) is 22.7. The third kappa shape index (κ3) is 4.91. The normalized spacial score (nSPS) is 15.2. The van der Waals surface area contributed by atoms with Crippen LogP contribution in [0.4, 0.5) is 10.7 Å². The first-order valence-corrected chi connectivity index (χ1v) is 8.77. The number of hydrogen-bond acceptors (Lipinski definition) is 5. The summed E-state index contributed by atoms with van der Waals surface area (Å²) in [6.45, 7) is 4.38. The fourth-order valence-electron chi connectivity index (χ4n) is 3.02. The number of urea groups is 1. The number of aromatic nitrogens is 4. The first-order chi connectivity index (χ1) is 12.2. The molecule has 3 heterocycles. The molecule has 1 saturated heterocycles. The average Bonchev–Trinajstić information content (AvgIpc) is 3.05. The van der Waals surface area contributed by atoms with E-state index in [1.54, 1.807) is 12.4 Å². The molecule has 3 N–H and O–H groups in total. The molecule has 0 radical (unpaired) electrons. The smallest absolute Gasteiger partial charge is 0.315 e. The van der Waals surface area contributed by atoms with Crippen LogP contribution < -0.4 is 15.5 Å². The van der Waals surface area contributed by atoms with Gasteiger partial charge in [0, 0.05) is 43.8 Å². The van der Waals surface area contributed by atoms with Gasteiger partial charge >= 0.3 is 6.03 Å². The maximum atomic E-state index is 12.0. The highest BCUT2D eigenvalue weighted by Gasteiger charge is 2.21. The fourth-order valence-corrected chi connectivity index (χ4v) is 3.02. The van der Waals surface area contributed by atoms with E-state index in [1.807, 2.05) is 19.2 Å². The molecule has 8 nitrogen and oxygen atoms in total. The molecule has 1 fully saturated rings. The number of piperidine rings is 1. The Balaban J connectivity index is 1.32. The number of carbonyl (C=O) groups is 1. The quantitative estimate of drug-likeness (QED) is 0.689. The molecule has 0 aliphatic carbocycles. The number of amides is 2. The Morgan fingerprint density at radius 3 is 2.76 bits per heavy atom. The lowest BCUT2D eigenvalue weighted by Gasteiger charge is -2.32. The minimum atomic E-state index is -0.0849. The van der Waals surface area contributed by atoms with Crippen molar-refractivity contribution in [3.63, 3.8) is 0 Å². The molecule has 2 amide bonds. The zero-order valence-corrected chi connectivity index (χ0v) is 14.5. The van der Waals surface area contributed by atoms with Gasteiger partial charge in [-0.15, -0.1) is 0 Å². The summed E-state index contributed by atoms with van der Waals surface area (Å²) in [7, 11) is 0. The van der Waals surface area contributed by atoms with Crippen LogP contribution in [0.3, 0.4) is 0 Å². The Hall–Kier alpha value is -2.64. The lowest BCUT2D eigenvalue weighted by Crippen LogP contribution is -2.48. The highest BCUT2D eigenvalue weighted by molar-refractivity contribution is 5.74. The molecule has 3 rings (SSSR count). The number of hydrogen-bond donors (Lipinski definition) is 3. The molecule has 25 heavy (non-hydrogen) atoms. The van der Waals surface area contributed by atoms with Gasteiger partial charge in [-0.25, -0.2) is 14.8 Å². The molecule has 134 valence electrons. The van der Waals surface area contributed by atoms with Gasteiger partial charge in [0.05, 0.1) is 6.20 Å². The Labute approximate surface area is 147 Å². The minimum absolute atomic E-state index is 0.0849. The summed E-state index contributed by atoms with van der Waals surface area (Å²) >= 11 is 0. The molecule has 0 bridgehead atoms. The second-order valence-electron chi connectivity index (χ2n) is 6.33. The van der Waals surface area contributed by atoms with Crippen LogP contribution in [0.15, 0.2) is 24.7 Å². The van der Waals surface area contributed by atoms with Gasteiger partial charge < -0.3 is 15.5 Å². The van der Waals surface area contributed by atoms with E-state index in [9.17, 15) is 4.79 Å². The van der Waals surface area contributed by atoms with E-state index in [1.165, 1.54) is 5.56 Å². The van der Waals surface area contributed by atoms with E-state index in [-0.39, 0.29) is 12.1 Å². The number of H-pyrrole nitrogens is 1. The summed E-state index contributed by atoms with van der Waals surface area (Å²) in [6.07, 6.45) is 8.98. The largest absolute Gasteiger partial charge is 0.341 e. The van der Waals surface area contributed by atoms with Crippen molar-refractivity contribution >= 4 is 12.0 Å². The highest BCUT2D eigenvalue weighted by Crippen LogP contribution is 2.15. The molecule has 1 aliphatic heterocycles.